The monoisotopic (exact) mass is 613 g/mol. The number of halogens is 1. The molecule has 5 atom stereocenters. The molecule has 0 saturated carbocycles. The van der Waals surface area contributed by atoms with Gasteiger partial charge in [0.15, 0.2) is 29.1 Å². The van der Waals surface area contributed by atoms with Crippen LogP contribution in [-0.4, -0.2) is 75.2 Å². The van der Waals surface area contributed by atoms with E-state index in [0.717, 1.165) is 27.6 Å². The molecule has 1 fully saturated rings. The number of aliphatic hydroxyl groups excluding tert-OH is 2. The fourth-order valence-corrected chi connectivity index (χ4v) is 7.32. The lowest BCUT2D eigenvalue weighted by Crippen LogP contribution is -2.33. The first-order valence-corrected chi connectivity index (χ1v) is 15.9. The maximum atomic E-state index is 12.0. The quantitative estimate of drug-likeness (QED) is 0.125. The average Bonchev–Trinajstić information content (AvgIpc) is 3.39. The second kappa shape index (κ2) is 10.7. The summed E-state index contributed by atoms with van der Waals surface area (Å²) in [6.07, 6.45) is -4.37. The van der Waals surface area contributed by atoms with E-state index < -0.39 is 52.2 Å². The summed E-state index contributed by atoms with van der Waals surface area (Å²) in [6, 6.07) is 9.97. The Morgan fingerprint density at radius 1 is 1.05 bits per heavy atom. The van der Waals surface area contributed by atoms with Crippen molar-refractivity contribution in [1.82, 2.24) is 19.5 Å². The van der Waals surface area contributed by atoms with Crippen LogP contribution in [0.4, 0.5) is 11.5 Å². The van der Waals surface area contributed by atoms with Crippen LogP contribution >= 0.6 is 26.8 Å². The molecule has 0 radical (unpaired) electrons. The van der Waals surface area contributed by atoms with Crippen LogP contribution in [0.15, 0.2) is 36.7 Å². The zero-order valence-corrected chi connectivity index (χ0v) is 23.7. The molecule has 2 unspecified atom stereocenters. The largest absolute Gasteiger partial charge is 0.387 e. The third-order valence-electron chi connectivity index (χ3n) is 6.52. The van der Waals surface area contributed by atoms with E-state index in [4.69, 9.17) is 30.6 Å². The van der Waals surface area contributed by atoms with Crippen molar-refractivity contribution in [3.8, 4) is 0 Å². The molecule has 1 saturated heterocycles. The van der Waals surface area contributed by atoms with E-state index in [-0.39, 0.29) is 22.3 Å². The summed E-state index contributed by atoms with van der Waals surface area (Å²) < 4.78 is 34.8. The molecule has 214 valence electrons. The molecule has 1 aliphatic rings. The number of benzene rings is 2. The number of rotatable bonds is 8. The Kier molecular flexibility index (Phi) is 7.79. The highest BCUT2D eigenvalue weighted by Crippen LogP contribution is 2.55. The first kappa shape index (κ1) is 29.0. The van der Waals surface area contributed by atoms with Gasteiger partial charge in [0, 0.05) is 5.69 Å². The predicted molar refractivity (Wildman–Crippen MR) is 146 cm³/mol. The van der Waals surface area contributed by atoms with Crippen LogP contribution in [0.3, 0.4) is 0 Å². The van der Waals surface area contributed by atoms with Crippen molar-refractivity contribution in [2.24, 2.45) is 0 Å². The number of nitrogens with one attached hydrogen (secondary N) is 1. The van der Waals surface area contributed by atoms with Crippen LogP contribution in [0.5, 0.6) is 0 Å². The third kappa shape index (κ3) is 5.93. The summed E-state index contributed by atoms with van der Waals surface area (Å²) in [4.78, 5) is 40.4. The fourth-order valence-electron chi connectivity index (χ4n) is 4.58. The number of nitrogens with zero attached hydrogens (tertiary/aromatic N) is 4. The second-order valence-corrected chi connectivity index (χ2v) is 13.9. The SMILES string of the molecule is Cc1ccc(C)c2cc(Nc3nc(Cl)nc4c3ncn4[C@@H]3O[C@H](COP(=O)(O)CP(=O)(O)O)[C@H](O)C3O)ccc12. The number of hydrogen-bond donors (Lipinski definition) is 6. The number of fused-ring (bicyclic) bond motifs is 2. The minimum atomic E-state index is -4.84. The molecular formula is C23H26ClN5O9P2. The number of aryl methyl sites for hydroxylation is 2. The Labute approximate surface area is 232 Å². The third-order valence-corrected chi connectivity index (χ3v) is 10.1. The minimum absolute atomic E-state index is 0.129. The molecule has 3 heterocycles. The lowest BCUT2D eigenvalue weighted by Gasteiger charge is -2.18. The van der Waals surface area contributed by atoms with Gasteiger partial charge < -0.3 is 39.5 Å². The Morgan fingerprint density at radius 2 is 1.75 bits per heavy atom. The topological polar surface area (TPSA) is 209 Å². The zero-order chi connectivity index (χ0) is 29.0. The molecule has 0 aliphatic carbocycles. The van der Waals surface area contributed by atoms with E-state index in [1.54, 1.807) is 0 Å². The molecule has 5 rings (SSSR count). The van der Waals surface area contributed by atoms with Crippen molar-refractivity contribution in [1.29, 1.82) is 0 Å². The molecule has 0 spiro atoms. The number of ether oxygens (including phenoxy) is 1. The molecule has 40 heavy (non-hydrogen) atoms. The van der Waals surface area contributed by atoms with Crippen molar-refractivity contribution in [2.45, 2.75) is 38.4 Å². The maximum absolute atomic E-state index is 12.0. The number of aromatic nitrogens is 4. The first-order valence-electron chi connectivity index (χ1n) is 11.9. The normalized spacial score (nSPS) is 23.1. The van der Waals surface area contributed by atoms with E-state index in [9.17, 15) is 24.2 Å². The molecule has 4 aromatic rings. The summed E-state index contributed by atoms with van der Waals surface area (Å²) in [5, 5.41) is 26.4. The molecule has 0 bridgehead atoms. The summed E-state index contributed by atoms with van der Waals surface area (Å²) in [6.45, 7) is 3.33. The van der Waals surface area contributed by atoms with E-state index >= 15 is 0 Å². The highest BCUT2D eigenvalue weighted by molar-refractivity contribution is 7.70. The summed E-state index contributed by atoms with van der Waals surface area (Å²) in [7, 11) is -9.54. The van der Waals surface area contributed by atoms with Crippen molar-refractivity contribution < 1.29 is 43.3 Å². The van der Waals surface area contributed by atoms with Crippen LogP contribution in [0.2, 0.25) is 5.28 Å². The van der Waals surface area contributed by atoms with Crippen molar-refractivity contribution in [3.05, 3.63) is 53.1 Å². The number of anilines is 2. The standard InChI is InChI=1S/C23H26ClN5O9P2/c1-11-3-4-12(2)15-7-13(5-6-14(11)15)26-20-17-21(28-23(24)27-20)29(9-25-17)22-19(31)18(30)16(38-22)8-37-40(35,36)10-39(32,33)34/h3-7,9,16,18-19,22,30-31H,8,10H2,1-2H3,(H,35,36)(H,26,27,28)(H2,32,33,34)/t16-,18+,19?,22-/m1/s1. The Bertz CT molecular complexity index is 1700. The van der Waals surface area contributed by atoms with Gasteiger partial charge >= 0.3 is 15.2 Å². The molecule has 17 heteroatoms. The molecule has 0 amide bonds. The summed E-state index contributed by atoms with van der Waals surface area (Å²) >= 11 is 6.21. The van der Waals surface area contributed by atoms with Crippen LogP contribution in [-0.2, 0) is 18.4 Å². The Balaban J connectivity index is 1.41. The Hall–Kier alpha value is -2.48. The first-order chi connectivity index (χ1) is 18.7. The minimum Gasteiger partial charge on any atom is -0.387 e. The van der Waals surface area contributed by atoms with Gasteiger partial charge in [0.25, 0.3) is 0 Å². The number of hydrogen-bond acceptors (Lipinski definition) is 10. The van der Waals surface area contributed by atoms with Crippen molar-refractivity contribution in [2.75, 3.05) is 17.8 Å². The van der Waals surface area contributed by atoms with Gasteiger partial charge in [-0.2, -0.15) is 9.97 Å². The second-order valence-electron chi connectivity index (χ2n) is 9.54. The highest BCUT2D eigenvalue weighted by Gasteiger charge is 2.45. The van der Waals surface area contributed by atoms with E-state index in [1.165, 1.54) is 10.9 Å². The van der Waals surface area contributed by atoms with Gasteiger partial charge in [0.05, 0.1) is 12.9 Å². The molecule has 14 nitrogen and oxygen atoms in total. The van der Waals surface area contributed by atoms with E-state index in [1.807, 2.05) is 38.1 Å². The van der Waals surface area contributed by atoms with Gasteiger partial charge in [-0.05, 0) is 59.5 Å². The van der Waals surface area contributed by atoms with Gasteiger partial charge in [0.1, 0.15) is 18.3 Å². The summed E-state index contributed by atoms with van der Waals surface area (Å²) in [5.74, 6) is -1.12. The average molecular weight is 614 g/mol. The van der Waals surface area contributed by atoms with Crippen LogP contribution in [0, 0.1) is 13.8 Å². The Morgan fingerprint density at radius 3 is 2.45 bits per heavy atom. The van der Waals surface area contributed by atoms with Gasteiger partial charge in [-0.25, -0.2) is 4.98 Å². The smallest absolute Gasteiger partial charge is 0.340 e. The van der Waals surface area contributed by atoms with Gasteiger partial charge in [0.2, 0.25) is 5.28 Å². The lowest BCUT2D eigenvalue weighted by atomic mass is 10.0. The molecular weight excluding hydrogens is 588 g/mol. The molecule has 2 aromatic heterocycles. The van der Waals surface area contributed by atoms with E-state index in [0.29, 0.717) is 0 Å². The van der Waals surface area contributed by atoms with Gasteiger partial charge in [-0.1, -0.05) is 18.2 Å². The molecule has 2 aromatic carbocycles. The number of imidazole rings is 1. The number of aliphatic hydroxyl groups is 2. The van der Waals surface area contributed by atoms with Crippen LogP contribution < -0.4 is 5.32 Å². The van der Waals surface area contributed by atoms with E-state index in [2.05, 4.69) is 26.3 Å². The summed E-state index contributed by atoms with van der Waals surface area (Å²) in [5.41, 5.74) is 3.42. The lowest BCUT2D eigenvalue weighted by molar-refractivity contribution is -0.0483. The van der Waals surface area contributed by atoms with Gasteiger partial charge in [-0.15, -0.1) is 0 Å². The highest BCUT2D eigenvalue weighted by atomic mass is 35.5. The van der Waals surface area contributed by atoms with Crippen LogP contribution in [0.25, 0.3) is 21.9 Å². The predicted octanol–water partition coefficient (Wildman–Crippen LogP) is 2.95. The molecule has 1 aliphatic heterocycles. The molecule has 6 N–H and O–H groups in total. The van der Waals surface area contributed by atoms with Crippen LogP contribution in [0.1, 0.15) is 17.4 Å². The maximum Gasteiger partial charge on any atom is 0.340 e. The van der Waals surface area contributed by atoms with Gasteiger partial charge in [-0.3, -0.25) is 13.7 Å². The van der Waals surface area contributed by atoms with Crippen molar-refractivity contribution >= 4 is 60.2 Å². The fraction of sp³-hybridized carbons (Fsp3) is 0.348. The zero-order valence-electron chi connectivity index (χ0n) is 21.1. The van der Waals surface area contributed by atoms with Crippen molar-refractivity contribution in [3.63, 3.8) is 0 Å².